The third-order valence-electron chi connectivity index (χ3n) is 3.74. The second-order valence-corrected chi connectivity index (χ2v) is 6.08. The number of anilines is 1. The largest absolute Gasteiger partial charge is 0.494 e. The van der Waals surface area contributed by atoms with Crippen molar-refractivity contribution in [3.63, 3.8) is 0 Å². The lowest BCUT2D eigenvalue weighted by molar-refractivity contribution is 0.102. The fraction of sp³-hybridized carbons (Fsp3) is 0.350. The molecule has 2 aromatic rings. The van der Waals surface area contributed by atoms with Crippen molar-refractivity contribution in [1.29, 1.82) is 0 Å². The van der Waals surface area contributed by atoms with Crippen LogP contribution in [0.25, 0.3) is 0 Å². The Morgan fingerprint density at radius 3 is 2.72 bits per heavy atom. The van der Waals surface area contributed by atoms with Crippen molar-refractivity contribution in [2.45, 2.75) is 33.8 Å². The molecule has 1 N–H and O–H groups in total. The van der Waals surface area contributed by atoms with Crippen LogP contribution in [0.15, 0.2) is 36.4 Å². The summed E-state index contributed by atoms with van der Waals surface area (Å²) in [6, 6.07) is 10.8. The Bertz CT molecular complexity index is 731. The van der Waals surface area contributed by atoms with E-state index in [-0.39, 0.29) is 5.91 Å². The number of hydrogen-bond donors (Lipinski definition) is 1. The predicted octanol–water partition coefficient (Wildman–Crippen LogP) is 5.23. The number of hydrogen-bond acceptors (Lipinski definition) is 3. The van der Waals surface area contributed by atoms with Crippen LogP contribution in [-0.2, 0) is 11.3 Å². The molecule has 0 atom stereocenters. The monoisotopic (exact) mass is 361 g/mol. The number of carbonyl (C=O) groups excluding carboxylic acids is 1. The topological polar surface area (TPSA) is 47.6 Å². The van der Waals surface area contributed by atoms with Crippen LogP contribution in [0.1, 0.15) is 41.8 Å². The van der Waals surface area contributed by atoms with E-state index in [1.807, 2.05) is 38.1 Å². The van der Waals surface area contributed by atoms with Gasteiger partial charge in [0.2, 0.25) is 0 Å². The smallest absolute Gasteiger partial charge is 0.255 e. The second kappa shape index (κ2) is 9.44. The number of ether oxygens (including phenoxy) is 2. The van der Waals surface area contributed by atoms with Crippen LogP contribution in [0, 0.1) is 6.92 Å². The van der Waals surface area contributed by atoms with Gasteiger partial charge >= 0.3 is 0 Å². The predicted molar refractivity (Wildman–Crippen MR) is 102 cm³/mol. The molecular weight excluding hydrogens is 338 g/mol. The molecule has 0 aliphatic carbocycles. The normalized spacial score (nSPS) is 10.6. The molecule has 0 saturated carbocycles. The lowest BCUT2D eigenvalue weighted by Crippen LogP contribution is -2.13. The van der Waals surface area contributed by atoms with Gasteiger partial charge in [0.05, 0.1) is 13.2 Å². The van der Waals surface area contributed by atoms with Crippen LogP contribution in [0.3, 0.4) is 0 Å². The molecule has 0 fully saturated rings. The molecule has 0 spiro atoms. The molecule has 25 heavy (non-hydrogen) atoms. The number of halogens is 1. The Morgan fingerprint density at radius 2 is 2.00 bits per heavy atom. The van der Waals surface area contributed by atoms with Gasteiger partial charge in [0.25, 0.3) is 5.91 Å². The average Bonchev–Trinajstić information content (AvgIpc) is 2.60. The maximum absolute atomic E-state index is 12.6. The quantitative estimate of drug-likeness (QED) is 0.655. The van der Waals surface area contributed by atoms with Gasteiger partial charge in [-0.3, -0.25) is 4.79 Å². The molecule has 4 nitrogen and oxygen atoms in total. The van der Waals surface area contributed by atoms with Crippen molar-refractivity contribution in [1.82, 2.24) is 0 Å². The Labute approximate surface area is 154 Å². The number of carbonyl (C=O) groups is 1. The summed E-state index contributed by atoms with van der Waals surface area (Å²) in [4.78, 5) is 12.6. The highest BCUT2D eigenvalue weighted by Gasteiger charge is 2.13. The van der Waals surface area contributed by atoms with E-state index < -0.39 is 0 Å². The second-order valence-electron chi connectivity index (χ2n) is 5.67. The van der Waals surface area contributed by atoms with Crippen LogP contribution in [-0.4, -0.2) is 19.1 Å². The van der Waals surface area contributed by atoms with Gasteiger partial charge in [-0.1, -0.05) is 24.6 Å². The third-order valence-corrected chi connectivity index (χ3v) is 4.15. The highest BCUT2D eigenvalue weighted by Crippen LogP contribution is 2.25. The fourth-order valence-electron chi connectivity index (χ4n) is 2.39. The number of nitrogens with one attached hydrogen (secondary N) is 1. The van der Waals surface area contributed by atoms with Crippen molar-refractivity contribution >= 4 is 23.2 Å². The molecule has 2 rings (SSSR count). The van der Waals surface area contributed by atoms with Crippen molar-refractivity contribution in [3.05, 3.63) is 58.1 Å². The molecule has 5 heteroatoms. The molecule has 0 radical (unpaired) electrons. The fourth-order valence-corrected chi connectivity index (χ4v) is 2.57. The Morgan fingerprint density at radius 1 is 1.20 bits per heavy atom. The molecule has 134 valence electrons. The summed E-state index contributed by atoms with van der Waals surface area (Å²) in [6.07, 6.45) is 0.943. The maximum Gasteiger partial charge on any atom is 0.255 e. The van der Waals surface area contributed by atoms with Gasteiger partial charge in [-0.25, -0.2) is 0 Å². The molecule has 0 aromatic heterocycles. The zero-order valence-corrected chi connectivity index (χ0v) is 15.7. The van der Waals surface area contributed by atoms with Gasteiger partial charge in [-0.05, 0) is 56.2 Å². The number of amides is 1. The van der Waals surface area contributed by atoms with E-state index in [0.29, 0.717) is 36.1 Å². The Kier molecular flexibility index (Phi) is 7.29. The molecule has 2 aromatic carbocycles. The van der Waals surface area contributed by atoms with Crippen molar-refractivity contribution < 1.29 is 14.3 Å². The first kappa shape index (κ1) is 19.3. The maximum atomic E-state index is 12.6. The zero-order valence-electron chi connectivity index (χ0n) is 14.9. The summed E-state index contributed by atoms with van der Waals surface area (Å²) >= 11 is 6.11. The van der Waals surface area contributed by atoms with Crippen molar-refractivity contribution in [3.8, 4) is 5.75 Å². The van der Waals surface area contributed by atoms with E-state index in [4.69, 9.17) is 21.1 Å². The van der Waals surface area contributed by atoms with Crippen LogP contribution < -0.4 is 10.1 Å². The zero-order chi connectivity index (χ0) is 18.2. The Hall–Kier alpha value is -2.04. The highest BCUT2D eigenvalue weighted by atomic mass is 35.5. The lowest BCUT2D eigenvalue weighted by atomic mass is 10.1. The van der Waals surface area contributed by atoms with Gasteiger partial charge in [-0.2, -0.15) is 0 Å². The van der Waals surface area contributed by atoms with E-state index in [1.165, 1.54) is 0 Å². The minimum Gasteiger partial charge on any atom is -0.494 e. The first-order valence-corrected chi connectivity index (χ1v) is 8.84. The molecule has 0 bridgehead atoms. The van der Waals surface area contributed by atoms with E-state index >= 15 is 0 Å². The summed E-state index contributed by atoms with van der Waals surface area (Å²) in [5, 5.41) is 3.53. The van der Waals surface area contributed by atoms with Crippen LogP contribution in [0.2, 0.25) is 5.02 Å². The van der Waals surface area contributed by atoms with E-state index in [0.717, 1.165) is 23.3 Å². The molecule has 0 unspecified atom stereocenters. The van der Waals surface area contributed by atoms with E-state index in [1.54, 1.807) is 12.1 Å². The van der Waals surface area contributed by atoms with Gasteiger partial charge in [-0.15, -0.1) is 0 Å². The van der Waals surface area contributed by atoms with Crippen LogP contribution in [0.5, 0.6) is 5.75 Å². The van der Waals surface area contributed by atoms with Gasteiger partial charge in [0.15, 0.2) is 0 Å². The summed E-state index contributed by atoms with van der Waals surface area (Å²) < 4.78 is 11.2. The van der Waals surface area contributed by atoms with Crippen molar-refractivity contribution in [2.75, 3.05) is 18.5 Å². The first-order valence-electron chi connectivity index (χ1n) is 8.46. The molecule has 0 heterocycles. The number of rotatable bonds is 8. The Balaban J connectivity index is 2.20. The van der Waals surface area contributed by atoms with E-state index in [9.17, 15) is 4.79 Å². The summed E-state index contributed by atoms with van der Waals surface area (Å²) in [6.45, 7) is 7.51. The minimum absolute atomic E-state index is 0.190. The van der Waals surface area contributed by atoms with E-state index in [2.05, 4.69) is 12.2 Å². The van der Waals surface area contributed by atoms with Gasteiger partial charge in [0.1, 0.15) is 5.75 Å². The average molecular weight is 362 g/mol. The molecule has 0 aliphatic heterocycles. The molecule has 0 aliphatic rings. The molecular formula is C20H24ClNO3. The SMILES string of the molecule is CCCOCc1cc(C(=O)Nc2cccc(Cl)c2C)ccc1OCC. The van der Waals surface area contributed by atoms with Crippen LogP contribution >= 0.6 is 11.6 Å². The first-order chi connectivity index (χ1) is 12.1. The summed E-state index contributed by atoms with van der Waals surface area (Å²) in [5.41, 5.74) is 2.97. The number of benzene rings is 2. The standard InChI is InChI=1S/C20H24ClNO3/c1-4-11-24-13-16-12-15(9-10-19(16)25-5-2)20(23)22-18-8-6-7-17(21)14(18)3/h6-10,12H,4-5,11,13H2,1-3H3,(H,22,23). The van der Waals surface area contributed by atoms with Crippen molar-refractivity contribution in [2.24, 2.45) is 0 Å². The van der Waals surface area contributed by atoms with Gasteiger partial charge < -0.3 is 14.8 Å². The van der Waals surface area contributed by atoms with Gasteiger partial charge in [0, 0.05) is 28.4 Å². The highest BCUT2D eigenvalue weighted by molar-refractivity contribution is 6.31. The molecule has 1 amide bonds. The third kappa shape index (κ3) is 5.21. The van der Waals surface area contributed by atoms with Crippen LogP contribution in [0.4, 0.5) is 5.69 Å². The minimum atomic E-state index is -0.190. The molecule has 0 saturated heterocycles. The summed E-state index contributed by atoms with van der Waals surface area (Å²) in [5.74, 6) is 0.555. The lowest BCUT2D eigenvalue weighted by Gasteiger charge is -2.13. The summed E-state index contributed by atoms with van der Waals surface area (Å²) in [7, 11) is 0.